The Kier molecular flexibility index (Phi) is 34.4. The van der Waals surface area contributed by atoms with Crippen molar-refractivity contribution in [3.63, 3.8) is 0 Å². The first kappa shape index (κ1) is 90.4. The summed E-state index contributed by atoms with van der Waals surface area (Å²) in [5.41, 5.74) is 3.85. The monoisotopic (exact) mass is 1760 g/mol. The standard InChI is InChI=1S/C22H19FN2O2S.C20H15FN2O2S.C16H8BrFN2.C9H5BrIN.C7H5BFNO2.C6H12O2S.Li.H2O/c1-4-27-21(26)22(2,3)28-16-7-6-15-12-25-13-19(18(15)10-16)17-8-5-14(11-24)9-20(17)23;1-20(2,19(24)25)26-14-5-4-13-10-23-11-17(16(13)8-14)15-6-3-12(9-22)7-18(15)21;17-12-3-2-11-8-20-9-15(14(11)6-12)13-4-1-10(7-19)5-16(13)18;10-7-2-1-6-4-12-5-9(11)8(6)3-7;1-10-5-2-3-6(8(11)12)7(9)4-5;1-4-8-5(7)6(2,3)9;;/h5-10,12-13H,4H2,1-3H3;3-8,10-11H,1-2H3,(H,24,25);1-6,8-9H;1-5H;2-4,11-12H;9H,4H2,1-3H3;;1H2/q;;;;;;+1;/p-1. The molecule has 0 aliphatic rings. The number of fused-ring (bicyclic) bond motifs is 4. The smallest absolute Gasteiger partial charge is 0.870 e. The van der Waals surface area contributed by atoms with E-state index in [1.54, 1.807) is 115 Å². The van der Waals surface area contributed by atoms with Crippen molar-refractivity contribution in [1.29, 1.82) is 15.8 Å². The summed E-state index contributed by atoms with van der Waals surface area (Å²) < 4.78 is 66.7. The van der Waals surface area contributed by atoms with Crippen molar-refractivity contribution in [2.45, 2.75) is 79.4 Å². The third-order valence-corrected chi connectivity index (χ3v) is 19.6. The second-order valence-electron chi connectivity index (χ2n) is 24.3. The van der Waals surface area contributed by atoms with Crippen LogP contribution in [0.15, 0.2) is 214 Å². The Morgan fingerprint density at radius 3 is 1.24 bits per heavy atom. The van der Waals surface area contributed by atoms with Crippen LogP contribution in [0.1, 0.15) is 72.1 Å². The predicted octanol–water partition coefficient (Wildman–Crippen LogP) is 16.6. The number of aromatic nitrogens is 4. The maximum absolute atomic E-state index is 14.6. The molecular formula is C80H65BBr2F4ILiN8O9S3. The summed E-state index contributed by atoms with van der Waals surface area (Å²) in [6.45, 7) is 21.2. The summed E-state index contributed by atoms with van der Waals surface area (Å²) in [5.74, 6) is -3.63. The average Bonchev–Trinajstić information content (AvgIpc) is 0.791. The zero-order chi connectivity index (χ0) is 78.5. The zero-order valence-electron chi connectivity index (χ0n) is 59.8. The van der Waals surface area contributed by atoms with Gasteiger partial charge in [-0.3, -0.25) is 34.3 Å². The van der Waals surface area contributed by atoms with E-state index in [9.17, 15) is 37.1 Å². The van der Waals surface area contributed by atoms with E-state index >= 15 is 0 Å². The molecule has 0 saturated heterocycles. The van der Waals surface area contributed by atoms with E-state index in [2.05, 4.69) is 104 Å². The van der Waals surface area contributed by atoms with Gasteiger partial charge in [-0.25, -0.2) is 22.4 Å². The van der Waals surface area contributed by atoms with Crippen molar-refractivity contribution in [2.75, 3.05) is 13.2 Å². The molecule has 29 heteroatoms. The third-order valence-electron chi connectivity index (χ3n) is 15.2. The first-order chi connectivity index (χ1) is 50.8. The van der Waals surface area contributed by atoms with Crippen molar-refractivity contribution < 1.29 is 80.9 Å². The second-order valence-corrected chi connectivity index (χ2v) is 31.8. The average molecular weight is 1760 g/mol. The number of ether oxygens (including phenoxy) is 2. The number of halogens is 7. The SMILES string of the molecule is Brc1ccc2cncc(I)c2c1.CC(C)(Sc1ccc2cncc(-c3ccc(C#N)cc3F)c2c1)C(=O)O.CCOC(=O)C(C)(C)S.CCOC(=O)C(C)(C)Sc1ccc2cncc(-c3ccc(C#N)cc3F)c2c1.N#Cc1ccc(-c2cncc3ccc(Br)cc23)c(F)c1.[C-]#[N+]c1ccc(B(O)O)c(F)c1.[Li+].[OH-]. The molecule has 0 bridgehead atoms. The number of carboxylic acid groups (broad SMARTS) is 1. The van der Waals surface area contributed by atoms with Crippen LogP contribution in [-0.4, -0.2) is 93.0 Å². The molecule has 109 heavy (non-hydrogen) atoms. The van der Waals surface area contributed by atoms with E-state index in [0.29, 0.717) is 52.2 Å². The fourth-order valence-corrected chi connectivity index (χ4v) is 13.2. The molecule has 0 amide bonds. The Hall–Kier alpha value is -9.23. The summed E-state index contributed by atoms with van der Waals surface area (Å²) in [4.78, 5) is 55.6. The van der Waals surface area contributed by atoms with Crippen molar-refractivity contribution in [3.05, 3.63) is 259 Å². The minimum Gasteiger partial charge on any atom is -0.870 e. The number of nitriles is 3. The van der Waals surface area contributed by atoms with Crippen molar-refractivity contribution in [1.82, 2.24) is 19.9 Å². The first-order valence-electron chi connectivity index (χ1n) is 32.1. The number of thioether (sulfide) groups is 2. The molecular weight excluding hydrogens is 1690 g/mol. The molecule has 0 atom stereocenters. The minimum absolute atomic E-state index is 0. The van der Waals surface area contributed by atoms with Crippen LogP contribution in [0.3, 0.4) is 0 Å². The Bertz CT molecular complexity index is 5500. The molecule has 17 nitrogen and oxygen atoms in total. The van der Waals surface area contributed by atoms with E-state index < -0.39 is 50.6 Å². The molecule has 0 unspecified atom stereocenters. The molecule has 4 N–H and O–H groups in total. The number of benzene rings is 8. The maximum Gasteiger partial charge on any atom is 1.00 e. The molecule has 0 aliphatic heterocycles. The van der Waals surface area contributed by atoms with Crippen LogP contribution < -0.4 is 24.3 Å². The number of carbonyl (C=O) groups excluding carboxylic acids is 2. The van der Waals surface area contributed by atoms with Gasteiger partial charge in [-0.15, -0.1) is 23.5 Å². The molecule has 0 radical (unpaired) electrons. The summed E-state index contributed by atoms with van der Waals surface area (Å²) in [5, 5.41) is 60.8. The number of esters is 2. The largest absolute Gasteiger partial charge is 1.00 e. The van der Waals surface area contributed by atoms with Crippen LogP contribution in [0.5, 0.6) is 0 Å². The zero-order valence-corrected chi connectivity index (χ0v) is 67.6. The number of hydrogen-bond donors (Lipinski definition) is 4. The molecule has 0 fully saturated rings. The van der Waals surface area contributed by atoms with Crippen LogP contribution in [0.4, 0.5) is 23.2 Å². The Morgan fingerprint density at radius 1 is 0.523 bits per heavy atom. The number of rotatable bonds is 13. The summed E-state index contributed by atoms with van der Waals surface area (Å²) >= 11 is 15.8. The molecule has 4 aromatic heterocycles. The minimum atomic E-state index is -1.83. The molecule has 0 saturated carbocycles. The quantitative estimate of drug-likeness (QED) is 0.0159. The maximum atomic E-state index is 14.6. The number of hydrogen-bond acceptors (Lipinski definition) is 18. The van der Waals surface area contributed by atoms with Crippen LogP contribution in [0.25, 0.3) is 81.3 Å². The van der Waals surface area contributed by atoms with Gasteiger partial charge in [-0.1, -0.05) is 86.5 Å². The number of carboxylic acids is 1. The van der Waals surface area contributed by atoms with Gasteiger partial charge in [-0.05, 0) is 191 Å². The summed E-state index contributed by atoms with van der Waals surface area (Å²) in [6, 6.07) is 45.7. The van der Waals surface area contributed by atoms with Crippen molar-refractivity contribution in [3.8, 4) is 51.6 Å². The predicted molar refractivity (Wildman–Crippen MR) is 434 cm³/mol. The molecule has 550 valence electrons. The molecule has 12 aromatic rings. The summed E-state index contributed by atoms with van der Waals surface area (Å²) in [7, 11) is -1.83. The molecule has 4 heterocycles. The number of nitrogens with zero attached hydrogens (tertiary/aromatic N) is 8. The van der Waals surface area contributed by atoms with Crippen LogP contribution in [0.2, 0.25) is 0 Å². The van der Waals surface area contributed by atoms with Gasteiger partial charge < -0.3 is 30.1 Å². The van der Waals surface area contributed by atoms with Crippen molar-refractivity contribution >= 4 is 170 Å². The van der Waals surface area contributed by atoms with Gasteiger partial charge in [0, 0.05) is 132 Å². The van der Waals surface area contributed by atoms with E-state index in [0.717, 1.165) is 57.1 Å². The van der Waals surface area contributed by atoms with E-state index in [-0.39, 0.29) is 58.6 Å². The first-order valence-corrected chi connectivity index (χ1v) is 36.8. The number of carbonyl (C=O) groups is 3. The van der Waals surface area contributed by atoms with Gasteiger partial charge in [0.15, 0.2) is 5.69 Å². The Labute approximate surface area is 683 Å². The Morgan fingerprint density at radius 2 is 0.890 bits per heavy atom. The normalized spacial score (nSPS) is 10.6. The van der Waals surface area contributed by atoms with Crippen LogP contribution >= 0.6 is 90.6 Å². The van der Waals surface area contributed by atoms with Gasteiger partial charge in [0.05, 0.1) is 54.7 Å². The van der Waals surface area contributed by atoms with Crippen LogP contribution in [0, 0.1) is 67.4 Å². The second kappa shape index (κ2) is 41.5. The van der Waals surface area contributed by atoms with Gasteiger partial charge >= 0.3 is 43.9 Å². The Balaban J connectivity index is 0.000000243. The van der Waals surface area contributed by atoms with E-state index in [4.69, 9.17) is 41.9 Å². The van der Waals surface area contributed by atoms with Gasteiger partial charge in [0.2, 0.25) is 0 Å². The third kappa shape index (κ3) is 24.9. The number of pyridine rings is 4. The number of aliphatic carboxylic acids is 1. The van der Waals surface area contributed by atoms with Gasteiger partial charge in [-0.2, -0.15) is 28.4 Å². The fraction of sp³-hybridized carbons (Fsp3) is 0.163. The molecule has 0 spiro atoms. The van der Waals surface area contributed by atoms with Gasteiger partial charge in [0.25, 0.3) is 0 Å². The van der Waals surface area contributed by atoms with E-state index in [1.165, 1.54) is 68.2 Å². The van der Waals surface area contributed by atoms with Crippen LogP contribution in [-0.2, 0) is 23.9 Å². The fourth-order valence-electron chi connectivity index (χ4n) is 9.78. The molecule has 12 rings (SSSR count). The van der Waals surface area contributed by atoms with E-state index in [1.807, 2.05) is 105 Å². The van der Waals surface area contributed by atoms with Gasteiger partial charge in [0.1, 0.15) is 37.5 Å². The van der Waals surface area contributed by atoms with Crippen molar-refractivity contribution in [2.24, 2.45) is 0 Å². The number of thiol groups is 1. The summed E-state index contributed by atoms with van der Waals surface area (Å²) in [6.07, 6.45) is 13.7. The molecule has 8 aromatic carbocycles. The topological polar surface area (TPSA) is 288 Å². The molecule has 0 aliphatic carbocycles.